The number of hydrogen-bond acceptors (Lipinski definition) is 1. The quantitative estimate of drug-likeness (QED) is 0.634. The van der Waals surface area contributed by atoms with E-state index in [4.69, 9.17) is 5.11 Å². The van der Waals surface area contributed by atoms with Crippen molar-refractivity contribution in [3.63, 3.8) is 0 Å². The summed E-state index contributed by atoms with van der Waals surface area (Å²) in [6.45, 7) is 1.61. The lowest BCUT2D eigenvalue weighted by molar-refractivity contribution is 0.200. The van der Waals surface area contributed by atoms with E-state index in [0.29, 0.717) is 5.56 Å². The second kappa shape index (κ2) is 3.29. The van der Waals surface area contributed by atoms with Gasteiger partial charge in [-0.1, -0.05) is 6.07 Å². The van der Waals surface area contributed by atoms with E-state index >= 15 is 0 Å². The molecule has 1 rings (SSSR count). The van der Waals surface area contributed by atoms with E-state index in [0.717, 1.165) is 5.30 Å². The fraction of sp³-hybridized carbons (Fsp3) is 0.250. The Bertz CT molecular complexity index is 260. The summed E-state index contributed by atoms with van der Waals surface area (Å²) in [5, 5.41) is 9.98. The summed E-state index contributed by atoms with van der Waals surface area (Å²) in [7, 11) is 2.45. The van der Waals surface area contributed by atoms with Crippen molar-refractivity contribution < 1.29 is 9.50 Å². The molecule has 1 N–H and O–H groups in total. The second-order valence-corrected chi connectivity index (χ2v) is 3.07. The Labute approximate surface area is 67.5 Å². The highest BCUT2D eigenvalue weighted by molar-refractivity contribution is 7.27. The predicted octanol–water partition coefficient (Wildman–Crippen LogP) is 1.38. The normalized spacial score (nSPS) is 13.1. The highest BCUT2D eigenvalue weighted by Crippen LogP contribution is 2.12. The third kappa shape index (κ3) is 1.98. The molecule has 0 amide bonds. The predicted molar refractivity (Wildman–Crippen MR) is 46.4 cm³/mol. The number of aliphatic hydroxyl groups excluding tert-OH is 1. The second-order valence-electron chi connectivity index (χ2n) is 2.45. The number of benzene rings is 1. The highest BCUT2D eigenvalue weighted by atomic mass is 31.0. The summed E-state index contributed by atoms with van der Waals surface area (Å²) < 4.78 is 12.6. The fourth-order valence-electron chi connectivity index (χ4n) is 0.907. The van der Waals surface area contributed by atoms with Crippen LogP contribution < -0.4 is 5.30 Å². The summed E-state index contributed by atoms with van der Waals surface area (Å²) in [5.74, 6) is -0.313. The molecule has 0 spiro atoms. The van der Waals surface area contributed by atoms with Crippen LogP contribution >= 0.6 is 9.24 Å². The van der Waals surface area contributed by atoms with Gasteiger partial charge >= 0.3 is 0 Å². The monoisotopic (exact) mass is 172 g/mol. The molecule has 3 heteroatoms. The Balaban J connectivity index is 3.13. The van der Waals surface area contributed by atoms with Crippen LogP contribution in [0.15, 0.2) is 18.2 Å². The molecule has 2 unspecified atom stereocenters. The maximum Gasteiger partial charge on any atom is 0.123 e. The molecule has 0 saturated heterocycles. The van der Waals surface area contributed by atoms with Gasteiger partial charge in [0.25, 0.3) is 0 Å². The van der Waals surface area contributed by atoms with Gasteiger partial charge in [-0.15, -0.1) is 9.24 Å². The summed E-state index contributed by atoms with van der Waals surface area (Å²) in [6, 6.07) is 4.34. The van der Waals surface area contributed by atoms with Gasteiger partial charge in [0.2, 0.25) is 0 Å². The van der Waals surface area contributed by atoms with E-state index in [9.17, 15) is 4.39 Å². The van der Waals surface area contributed by atoms with Gasteiger partial charge in [-0.05, 0) is 29.9 Å². The van der Waals surface area contributed by atoms with Gasteiger partial charge in [-0.25, -0.2) is 4.39 Å². The van der Waals surface area contributed by atoms with Crippen molar-refractivity contribution in [1.29, 1.82) is 0 Å². The lowest BCUT2D eigenvalue weighted by Gasteiger charge is -2.07. The Morgan fingerprint density at radius 2 is 2.18 bits per heavy atom. The smallest absolute Gasteiger partial charge is 0.123 e. The van der Waals surface area contributed by atoms with Crippen LogP contribution in [-0.2, 0) is 0 Å². The Hall–Kier alpha value is -0.460. The summed E-state index contributed by atoms with van der Waals surface area (Å²) in [4.78, 5) is 0. The third-order valence-corrected chi connectivity index (χ3v) is 2.02. The van der Waals surface area contributed by atoms with Crippen molar-refractivity contribution >= 4 is 14.5 Å². The molecule has 1 aromatic carbocycles. The first-order valence-corrected chi connectivity index (χ1v) is 3.92. The molecule has 2 atom stereocenters. The number of rotatable bonds is 1. The zero-order valence-electron chi connectivity index (χ0n) is 6.21. The van der Waals surface area contributed by atoms with E-state index in [1.165, 1.54) is 12.1 Å². The van der Waals surface area contributed by atoms with Gasteiger partial charge < -0.3 is 5.11 Å². The first-order chi connectivity index (χ1) is 5.11. The van der Waals surface area contributed by atoms with Crippen LogP contribution in [0.1, 0.15) is 18.6 Å². The van der Waals surface area contributed by atoms with Gasteiger partial charge in [-0.2, -0.15) is 0 Å². The molecule has 1 aromatic rings. The average molecular weight is 172 g/mol. The third-order valence-electron chi connectivity index (χ3n) is 1.50. The van der Waals surface area contributed by atoms with Crippen molar-refractivity contribution in [1.82, 2.24) is 0 Å². The highest BCUT2D eigenvalue weighted by Gasteiger charge is 2.04. The number of halogens is 1. The Morgan fingerprint density at radius 3 is 2.64 bits per heavy atom. The SMILES string of the molecule is CC(O)c1cc(F)ccc1P. The minimum Gasteiger partial charge on any atom is -0.389 e. The van der Waals surface area contributed by atoms with Crippen LogP contribution in [0, 0.1) is 5.82 Å². The van der Waals surface area contributed by atoms with E-state index in [-0.39, 0.29) is 5.82 Å². The van der Waals surface area contributed by atoms with E-state index in [2.05, 4.69) is 9.24 Å². The van der Waals surface area contributed by atoms with Crippen molar-refractivity contribution in [2.24, 2.45) is 0 Å². The molecule has 0 radical (unpaired) electrons. The van der Waals surface area contributed by atoms with Crippen LogP contribution in [-0.4, -0.2) is 5.11 Å². The summed E-state index contributed by atoms with van der Waals surface area (Å²) in [5.41, 5.74) is 0.620. The first-order valence-electron chi connectivity index (χ1n) is 3.34. The largest absolute Gasteiger partial charge is 0.389 e. The van der Waals surface area contributed by atoms with Gasteiger partial charge in [0, 0.05) is 0 Å². The Morgan fingerprint density at radius 1 is 1.55 bits per heavy atom. The number of hydrogen-bond donors (Lipinski definition) is 1. The lowest BCUT2D eigenvalue weighted by Crippen LogP contribution is -2.05. The van der Waals surface area contributed by atoms with Gasteiger partial charge in [-0.3, -0.25) is 0 Å². The maximum atomic E-state index is 12.6. The Kier molecular flexibility index (Phi) is 2.58. The molecule has 11 heavy (non-hydrogen) atoms. The average Bonchev–Trinajstić information content (AvgIpc) is 1.94. The van der Waals surface area contributed by atoms with Gasteiger partial charge in [0.1, 0.15) is 5.82 Å². The van der Waals surface area contributed by atoms with Crippen LogP contribution in [0.5, 0.6) is 0 Å². The van der Waals surface area contributed by atoms with Crippen LogP contribution in [0.3, 0.4) is 0 Å². The standard InChI is InChI=1S/C8H10FOP/c1-5(10)7-4-6(9)2-3-8(7)11/h2-5,10H,11H2,1H3. The van der Waals surface area contributed by atoms with Crippen LogP contribution in [0.4, 0.5) is 4.39 Å². The molecule has 0 aliphatic carbocycles. The lowest BCUT2D eigenvalue weighted by atomic mass is 10.1. The molecule has 0 aliphatic heterocycles. The molecule has 0 bridgehead atoms. The van der Waals surface area contributed by atoms with Gasteiger partial charge in [0.15, 0.2) is 0 Å². The molecule has 0 heterocycles. The van der Waals surface area contributed by atoms with E-state index in [1.807, 2.05) is 0 Å². The molecular weight excluding hydrogens is 162 g/mol. The minimum absolute atomic E-state index is 0.313. The zero-order chi connectivity index (χ0) is 8.43. The van der Waals surface area contributed by atoms with Crippen molar-refractivity contribution in [2.75, 3.05) is 0 Å². The molecule has 60 valence electrons. The molecule has 0 fully saturated rings. The van der Waals surface area contributed by atoms with Crippen molar-refractivity contribution in [3.05, 3.63) is 29.6 Å². The number of aliphatic hydroxyl groups is 1. The van der Waals surface area contributed by atoms with Crippen molar-refractivity contribution in [2.45, 2.75) is 13.0 Å². The zero-order valence-corrected chi connectivity index (χ0v) is 7.37. The molecule has 0 aromatic heterocycles. The molecule has 1 nitrogen and oxygen atoms in total. The molecule has 0 aliphatic rings. The fourth-order valence-corrected chi connectivity index (χ4v) is 1.33. The van der Waals surface area contributed by atoms with Crippen molar-refractivity contribution in [3.8, 4) is 0 Å². The van der Waals surface area contributed by atoms with Crippen LogP contribution in [0.2, 0.25) is 0 Å². The summed E-state index contributed by atoms with van der Waals surface area (Å²) >= 11 is 0. The first kappa shape index (κ1) is 8.63. The minimum atomic E-state index is -0.613. The van der Waals surface area contributed by atoms with E-state index in [1.54, 1.807) is 13.0 Å². The topological polar surface area (TPSA) is 20.2 Å². The maximum absolute atomic E-state index is 12.6. The molecular formula is C8H10FOP. The van der Waals surface area contributed by atoms with Crippen LogP contribution in [0.25, 0.3) is 0 Å². The van der Waals surface area contributed by atoms with E-state index < -0.39 is 6.10 Å². The molecule has 0 saturated carbocycles. The van der Waals surface area contributed by atoms with Gasteiger partial charge in [0.05, 0.1) is 6.10 Å². The summed E-state index contributed by atoms with van der Waals surface area (Å²) in [6.07, 6.45) is -0.613.